The molecule has 1 fully saturated rings. The van der Waals surface area contributed by atoms with Crippen molar-refractivity contribution in [2.24, 2.45) is 4.99 Å². The number of hydrogen-bond acceptors (Lipinski definition) is 5. The number of rotatable bonds is 5. The van der Waals surface area contributed by atoms with Crippen LogP contribution >= 0.6 is 11.6 Å². The first-order valence-corrected chi connectivity index (χ1v) is 13.9. The van der Waals surface area contributed by atoms with Gasteiger partial charge in [-0.1, -0.05) is 35.9 Å². The Morgan fingerprint density at radius 2 is 1.36 bits per heavy atom. The number of piperazine rings is 1. The highest BCUT2D eigenvalue weighted by atomic mass is 35.5. The number of hydrogen-bond donors (Lipinski definition) is 2. The maximum atomic E-state index is 13.7. The third-order valence-corrected chi connectivity index (χ3v) is 7.11. The fourth-order valence-corrected chi connectivity index (χ4v) is 5.05. The van der Waals surface area contributed by atoms with E-state index in [0.717, 1.165) is 22.5 Å². The molecule has 8 nitrogen and oxygen atoms in total. The van der Waals surface area contributed by atoms with Gasteiger partial charge in [0.25, 0.3) is 5.95 Å². The number of halogens is 3. The number of carbonyl (C=O) groups is 1. The predicted molar refractivity (Wildman–Crippen MR) is 160 cm³/mol. The van der Waals surface area contributed by atoms with Crippen LogP contribution in [0.15, 0.2) is 83.9 Å². The van der Waals surface area contributed by atoms with Gasteiger partial charge in [-0.3, -0.25) is 10.2 Å². The molecule has 2 heterocycles. The molecular formula is C31H30ClF2N7O. The summed E-state index contributed by atoms with van der Waals surface area (Å²) in [6.45, 7) is 5.93. The van der Waals surface area contributed by atoms with Crippen LogP contribution in [0.4, 0.5) is 25.2 Å². The summed E-state index contributed by atoms with van der Waals surface area (Å²) in [5.41, 5.74) is 3.89. The van der Waals surface area contributed by atoms with Gasteiger partial charge in [0, 0.05) is 48.3 Å². The zero-order valence-electron chi connectivity index (χ0n) is 23.2. The van der Waals surface area contributed by atoms with Gasteiger partial charge in [-0.05, 0) is 79.6 Å². The number of aromatic nitrogens is 2. The van der Waals surface area contributed by atoms with E-state index in [2.05, 4.69) is 30.5 Å². The first-order valence-electron chi connectivity index (χ1n) is 13.5. The second-order valence-electron chi connectivity index (χ2n) is 10.0. The Balaban J connectivity index is 1.38. The van der Waals surface area contributed by atoms with Gasteiger partial charge in [0.1, 0.15) is 11.6 Å². The van der Waals surface area contributed by atoms with Crippen LogP contribution < -0.4 is 10.6 Å². The highest BCUT2D eigenvalue weighted by Crippen LogP contribution is 2.30. The molecule has 0 spiro atoms. The van der Waals surface area contributed by atoms with Crippen molar-refractivity contribution >= 4 is 35.2 Å². The summed E-state index contributed by atoms with van der Waals surface area (Å²) in [7, 11) is 0. The van der Waals surface area contributed by atoms with Gasteiger partial charge >= 0.3 is 6.03 Å². The molecular weight excluding hydrogens is 560 g/mol. The summed E-state index contributed by atoms with van der Waals surface area (Å²) in [5, 5.41) is 6.23. The van der Waals surface area contributed by atoms with Crippen LogP contribution in [0.1, 0.15) is 28.6 Å². The summed E-state index contributed by atoms with van der Waals surface area (Å²) in [4.78, 5) is 30.7. The van der Waals surface area contributed by atoms with E-state index in [-0.39, 0.29) is 23.6 Å². The molecule has 2 amide bonds. The second kappa shape index (κ2) is 13.1. The average Bonchev–Trinajstić information content (AvgIpc) is 2.96. The molecule has 5 rings (SSSR count). The number of aliphatic imine (C=N–C) groups is 1. The lowest BCUT2D eigenvalue weighted by atomic mass is 9.96. The molecule has 0 atom stereocenters. The fourth-order valence-electron chi connectivity index (χ4n) is 4.92. The zero-order valence-corrected chi connectivity index (χ0v) is 23.9. The number of amides is 2. The smallest absolute Gasteiger partial charge is 0.326 e. The number of nitrogens with zero attached hydrogens (tertiary/aromatic N) is 5. The number of nitrogens with one attached hydrogen (secondary N) is 2. The van der Waals surface area contributed by atoms with E-state index in [4.69, 9.17) is 11.6 Å². The lowest BCUT2D eigenvalue weighted by Gasteiger charge is -2.40. The lowest BCUT2D eigenvalue weighted by Crippen LogP contribution is -2.54. The van der Waals surface area contributed by atoms with Crippen molar-refractivity contribution in [3.8, 4) is 0 Å². The van der Waals surface area contributed by atoms with Crippen LogP contribution in [-0.4, -0.2) is 57.9 Å². The fraction of sp³-hybridized carbons (Fsp3) is 0.226. The molecule has 0 aliphatic carbocycles. The molecule has 42 heavy (non-hydrogen) atoms. The minimum atomic E-state index is -0.474. The largest absolute Gasteiger partial charge is 0.340 e. The van der Waals surface area contributed by atoms with Crippen LogP contribution in [0.2, 0.25) is 5.02 Å². The van der Waals surface area contributed by atoms with Crippen LogP contribution in [0.5, 0.6) is 0 Å². The lowest BCUT2D eigenvalue weighted by molar-refractivity contribution is 0.148. The quantitative estimate of drug-likeness (QED) is 0.213. The number of aryl methyl sites for hydroxylation is 2. The monoisotopic (exact) mass is 589 g/mol. The molecule has 0 bridgehead atoms. The molecule has 0 unspecified atom stereocenters. The van der Waals surface area contributed by atoms with Crippen molar-refractivity contribution in [3.05, 3.63) is 118 Å². The van der Waals surface area contributed by atoms with E-state index in [1.165, 1.54) is 24.3 Å². The van der Waals surface area contributed by atoms with E-state index in [1.807, 2.05) is 24.8 Å². The summed E-state index contributed by atoms with van der Waals surface area (Å²) >= 11 is 5.97. The van der Waals surface area contributed by atoms with E-state index < -0.39 is 6.03 Å². The van der Waals surface area contributed by atoms with Crippen molar-refractivity contribution < 1.29 is 13.6 Å². The van der Waals surface area contributed by atoms with Crippen LogP contribution in [0.25, 0.3) is 0 Å². The Morgan fingerprint density at radius 3 is 1.88 bits per heavy atom. The Labute approximate surface area is 248 Å². The normalized spacial score (nSPS) is 14.2. The number of urea groups is 1. The van der Waals surface area contributed by atoms with Crippen LogP contribution in [0, 0.1) is 25.5 Å². The Hall–Kier alpha value is -4.41. The van der Waals surface area contributed by atoms with Gasteiger partial charge < -0.3 is 10.2 Å². The van der Waals surface area contributed by atoms with Gasteiger partial charge in [0.05, 0.1) is 6.04 Å². The van der Waals surface area contributed by atoms with Gasteiger partial charge in [0.15, 0.2) is 0 Å². The van der Waals surface area contributed by atoms with E-state index in [1.54, 1.807) is 48.5 Å². The van der Waals surface area contributed by atoms with E-state index in [9.17, 15) is 13.6 Å². The molecule has 216 valence electrons. The van der Waals surface area contributed by atoms with Crippen molar-refractivity contribution in [3.63, 3.8) is 0 Å². The van der Waals surface area contributed by atoms with Crippen LogP contribution in [-0.2, 0) is 0 Å². The molecule has 0 radical (unpaired) electrons. The maximum Gasteiger partial charge on any atom is 0.326 e. The third kappa shape index (κ3) is 7.45. The van der Waals surface area contributed by atoms with E-state index >= 15 is 0 Å². The number of benzene rings is 3. The van der Waals surface area contributed by atoms with Crippen molar-refractivity contribution in [2.45, 2.75) is 19.9 Å². The molecule has 3 aromatic carbocycles. The summed E-state index contributed by atoms with van der Waals surface area (Å²) in [5.74, 6) is -0.0869. The average molecular weight is 590 g/mol. The minimum Gasteiger partial charge on any atom is -0.340 e. The highest BCUT2D eigenvalue weighted by Gasteiger charge is 2.28. The summed E-state index contributed by atoms with van der Waals surface area (Å²) in [6, 6.07) is 20.7. The molecule has 1 aliphatic rings. The first kappa shape index (κ1) is 29.1. The van der Waals surface area contributed by atoms with Crippen molar-refractivity contribution in [2.75, 3.05) is 31.5 Å². The number of anilines is 1. The first-order chi connectivity index (χ1) is 20.2. The number of guanidine groups is 1. The summed E-state index contributed by atoms with van der Waals surface area (Å²) in [6.07, 6.45) is 0. The molecule has 0 saturated carbocycles. The molecule has 4 aromatic rings. The van der Waals surface area contributed by atoms with Gasteiger partial charge in [-0.25, -0.2) is 23.5 Å². The van der Waals surface area contributed by atoms with Gasteiger partial charge in [-0.2, -0.15) is 4.99 Å². The van der Waals surface area contributed by atoms with Gasteiger partial charge in [-0.15, -0.1) is 0 Å². The third-order valence-electron chi connectivity index (χ3n) is 6.85. The topological polar surface area (TPSA) is 85.7 Å². The second-order valence-corrected chi connectivity index (χ2v) is 10.4. The van der Waals surface area contributed by atoms with Gasteiger partial charge in [0.2, 0.25) is 5.96 Å². The molecule has 1 saturated heterocycles. The SMILES string of the molecule is Cc1cc(C)nc(/N=C(/NC(=O)Nc2ccc(Cl)cc2)N2CCN(C(c3ccc(F)cc3)c3ccc(F)cc3)CC2)n1. The molecule has 1 aliphatic heterocycles. The molecule has 2 N–H and O–H groups in total. The molecule has 11 heteroatoms. The zero-order chi connectivity index (χ0) is 29.6. The Bertz CT molecular complexity index is 1490. The Morgan fingerprint density at radius 1 is 0.833 bits per heavy atom. The van der Waals surface area contributed by atoms with Crippen molar-refractivity contribution in [1.29, 1.82) is 0 Å². The summed E-state index contributed by atoms with van der Waals surface area (Å²) < 4.78 is 27.5. The highest BCUT2D eigenvalue weighted by molar-refractivity contribution is 6.30. The Kier molecular flexibility index (Phi) is 9.04. The predicted octanol–water partition coefficient (Wildman–Crippen LogP) is 6.24. The standard InChI is InChI=1S/C31H30ClF2N7O/c1-20-19-21(2)36-29(35-20)38-30(39-31(42)37-27-13-7-24(32)8-14-27)41-17-15-40(16-18-41)28(22-3-9-25(33)10-4-22)23-5-11-26(34)12-6-23/h3-14,19,28H,15-18H2,1-2H3,(H2,35,36,37,38,39,42). The van der Waals surface area contributed by atoms with E-state index in [0.29, 0.717) is 42.8 Å². The van der Waals surface area contributed by atoms with Crippen LogP contribution in [0.3, 0.4) is 0 Å². The number of carbonyl (C=O) groups excluding carboxylic acids is 1. The van der Waals surface area contributed by atoms with Crippen molar-refractivity contribution in [1.82, 2.24) is 25.1 Å². The maximum absolute atomic E-state index is 13.7. The molecule has 1 aromatic heterocycles. The minimum absolute atomic E-state index is 0.211.